The average Bonchev–Trinajstić information content (AvgIpc) is 2.73. The highest BCUT2D eigenvalue weighted by molar-refractivity contribution is 6.43. The monoisotopic (exact) mass is 450 g/mol. The van der Waals surface area contributed by atoms with Crippen molar-refractivity contribution in [1.82, 2.24) is 9.97 Å². The van der Waals surface area contributed by atoms with E-state index in [1.165, 1.54) is 25.7 Å². The molecule has 0 amide bonds. The van der Waals surface area contributed by atoms with Crippen LogP contribution in [-0.4, -0.2) is 22.5 Å². The van der Waals surface area contributed by atoms with Crippen molar-refractivity contribution in [1.29, 1.82) is 0 Å². The van der Waals surface area contributed by atoms with Crippen LogP contribution in [0.4, 0.5) is 0 Å². The molecule has 0 fully saturated rings. The molecule has 0 aliphatic carbocycles. The van der Waals surface area contributed by atoms with Crippen LogP contribution in [0.15, 0.2) is 18.2 Å². The number of hydrogen-bond donors (Lipinski definition) is 0. The maximum Gasteiger partial charge on any atom is 0.358 e. The van der Waals surface area contributed by atoms with Crippen LogP contribution in [0.2, 0.25) is 10.0 Å². The van der Waals surface area contributed by atoms with E-state index in [0.29, 0.717) is 21.3 Å². The normalized spacial score (nSPS) is 12.1. The molecule has 1 unspecified atom stereocenters. The van der Waals surface area contributed by atoms with Crippen LogP contribution in [0.3, 0.4) is 0 Å². The number of hydrogen-bond acceptors (Lipinski definition) is 4. The summed E-state index contributed by atoms with van der Waals surface area (Å²) in [6, 6.07) is 5.38. The van der Waals surface area contributed by atoms with Gasteiger partial charge in [-0.25, -0.2) is 9.78 Å². The Bertz CT molecular complexity index is 855. The fourth-order valence-corrected chi connectivity index (χ4v) is 4.03. The van der Waals surface area contributed by atoms with Crippen molar-refractivity contribution in [2.24, 2.45) is 0 Å². The summed E-state index contributed by atoms with van der Waals surface area (Å²) in [6.45, 7) is 8.32. The molecule has 0 bridgehead atoms. The molecule has 1 aromatic heterocycles. The summed E-state index contributed by atoms with van der Waals surface area (Å²) >= 11 is 12.6. The Morgan fingerprint density at radius 1 is 1.07 bits per heavy atom. The Kier molecular flexibility index (Phi) is 10.1. The number of aryl methyl sites for hydroxylation is 1. The summed E-state index contributed by atoms with van der Waals surface area (Å²) in [5, 5.41) is 0.845. The minimum atomic E-state index is -0.441. The van der Waals surface area contributed by atoms with Crippen LogP contribution in [-0.2, 0) is 4.74 Å². The van der Waals surface area contributed by atoms with Gasteiger partial charge in [0, 0.05) is 11.5 Å². The molecule has 0 aliphatic rings. The Balaban J connectivity index is 2.45. The maximum atomic E-state index is 12.8. The zero-order valence-corrected chi connectivity index (χ0v) is 19.9. The van der Waals surface area contributed by atoms with Crippen molar-refractivity contribution < 1.29 is 9.53 Å². The first-order valence-electron chi connectivity index (χ1n) is 10.9. The van der Waals surface area contributed by atoms with Crippen LogP contribution in [0.1, 0.15) is 93.5 Å². The molecule has 0 saturated heterocycles. The van der Waals surface area contributed by atoms with Gasteiger partial charge < -0.3 is 4.74 Å². The van der Waals surface area contributed by atoms with Crippen LogP contribution in [0.5, 0.6) is 0 Å². The number of carbonyl (C=O) groups excluding carboxylic acids is 1. The lowest BCUT2D eigenvalue weighted by Gasteiger charge is -2.19. The van der Waals surface area contributed by atoms with Gasteiger partial charge in [0.25, 0.3) is 0 Å². The van der Waals surface area contributed by atoms with Gasteiger partial charge >= 0.3 is 5.97 Å². The van der Waals surface area contributed by atoms with Crippen molar-refractivity contribution in [3.05, 3.63) is 45.3 Å². The van der Waals surface area contributed by atoms with Crippen LogP contribution in [0.25, 0.3) is 11.3 Å². The smallest absolute Gasteiger partial charge is 0.358 e. The number of halogens is 2. The number of unbranched alkanes of at least 4 members (excludes halogenated alkanes) is 4. The number of rotatable bonds is 11. The Morgan fingerprint density at radius 3 is 2.47 bits per heavy atom. The van der Waals surface area contributed by atoms with E-state index >= 15 is 0 Å². The summed E-state index contributed by atoms with van der Waals surface area (Å²) in [7, 11) is 0. The third-order valence-electron chi connectivity index (χ3n) is 5.31. The van der Waals surface area contributed by atoms with Crippen molar-refractivity contribution in [3.8, 4) is 11.3 Å². The summed E-state index contributed by atoms with van der Waals surface area (Å²) in [5.74, 6) is -0.273. The highest BCUT2D eigenvalue weighted by Gasteiger charge is 2.25. The predicted octanol–water partition coefficient (Wildman–Crippen LogP) is 7.79. The van der Waals surface area contributed by atoms with E-state index in [1.54, 1.807) is 13.0 Å². The van der Waals surface area contributed by atoms with Crippen LogP contribution >= 0.6 is 23.2 Å². The average molecular weight is 451 g/mol. The Hall–Kier alpha value is -1.65. The summed E-state index contributed by atoms with van der Waals surface area (Å²) < 4.78 is 5.31. The first-order valence-corrected chi connectivity index (χ1v) is 11.7. The SMILES string of the molecule is CCCCCCCC(CC)c1nc(C)c(-c2cccc(Cl)c2Cl)nc1C(=O)OCC. The number of aromatic nitrogens is 2. The van der Waals surface area contributed by atoms with Gasteiger partial charge in [-0.3, -0.25) is 4.98 Å². The van der Waals surface area contributed by atoms with Crippen molar-refractivity contribution in [2.75, 3.05) is 6.61 Å². The second-order valence-electron chi connectivity index (χ2n) is 7.52. The highest BCUT2D eigenvalue weighted by Crippen LogP contribution is 2.35. The van der Waals surface area contributed by atoms with Crippen molar-refractivity contribution >= 4 is 29.2 Å². The molecule has 0 saturated carbocycles. The molecule has 30 heavy (non-hydrogen) atoms. The van der Waals surface area contributed by atoms with Crippen molar-refractivity contribution in [2.45, 2.75) is 78.6 Å². The van der Waals surface area contributed by atoms with E-state index < -0.39 is 5.97 Å². The molecule has 0 radical (unpaired) electrons. The van der Waals surface area contributed by atoms with Gasteiger partial charge in [0.15, 0.2) is 5.69 Å². The first-order chi connectivity index (χ1) is 14.4. The summed E-state index contributed by atoms with van der Waals surface area (Å²) in [5.41, 5.74) is 2.97. The minimum Gasteiger partial charge on any atom is -0.461 e. The van der Waals surface area contributed by atoms with Crippen LogP contribution in [0, 0.1) is 6.92 Å². The van der Waals surface area contributed by atoms with Gasteiger partial charge in [0.05, 0.1) is 33.7 Å². The maximum absolute atomic E-state index is 12.8. The zero-order chi connectivity index (χ0) is 22.1. The molecule has 0 spiro atoms. The minimum absolute atomic E-state index is 0.168. The van der Waals surface area contributed by atoms with Gasteiger partial charge in [0.1, 0.15) is 0 Å². The highest BCUT2D eigenvalue weighted by atomic mass is 35.5. The van der Waals surface area contributed by atoms with E-state index in [2.05, 4.69) is 13.8 Å². The van der Waals surface area contributed by atoms with Gasteiger partial charge in [-0.1, -0.05) is 81.3 Å². The fraction of sp³-hybridized carbons (Fsp3) is 0.542. The number of benzene rings is 1. The van der Waals surface area contributed by atoms with Gasteiger partial charge in [0.2, 0.25) is 0 Å². The molecule has 164 valence electrons. The molecule has 2 rings (SSSR count). The lowest BCUT2D eigenvalue weighted by molar-refractivity contribution is 0.0516. The van der Waals surface area contributed by atoms with E-state index in [0.717, 1.165) is 30.7 Å². The zero-order valence-electron chi connectivity index (χ0n) is 18.4. The number of esters is 1. The second kappa shape index (κ2) is 12.3. The lowest BCUT2D eigenvalue weighted by atomic mass is 9.92. The van der Waals surface area contributed by atoms with Crippen molar-refractivity contribution in [3.63, 3.8) is 0 Å². The first kappa shape index (κ1) is 24.6. The molecule has 0 aliphatic heterocycles. The summed E-state index contributed by atoms with van der Waals surface area (Å²) in [4.78, 5) is 22.3. The standard InChI is InChI=1S/C24H32Cl2N2O2/c1-5-8-9-10-11-13-17(6-2)22-23(24(29)30-7-3)28-21(16(4)27-22)18-14-12-15-19(25)20(18)26/h12,14-15,17H,5-11,13H2,1-4H3. The van der Waals surface area contributed by atoms with Gasteiger partial charge in [-0.15, -0.1) is 0 Å². The molecule has 1 aromatic carbocycles. The van der Waals surface area contributed by atoms with E-state index in [9.17, 15) is 4.79 Å². The second-order valence-corrected chi connectivity index (χ2v) is 8.31. The topological polar surface area (TPSA) is 52.1 Å². The Morgan fingerprint density at radius 2 is 1.80 bits per heavy atom. The third-order valence-corrected chi connectivity index (χ3v) is 6.13. The molecule has 4 nitrogen and oxygen atoms in total. The molecule has 2 aromatic rings. The van der Waals surface area contributed by atoms with E-state index in [4.69, 9.17) is 37.9 Å². The number of nitrogens with zero attached hydrogens (tertiary/aromatic N) is 2. The summed E-state index contributed by atoms with van der Waals surface area (Å²) in [6.07, 6.45) is 7.92. The molecule has 1 heterocycles. The van der Waals surface area contributed by atoms with E-state index in [1.807, 2.05) is 19.1 Å². The lowest BCUT2D eigenvalue weighted by Crippen LogP contribution is -2.17. The molecule has 6 heteroatoms. The largest absolute Gasteiger partial charge is 0.461 e. The molecular weight excluding hydrogens is 419 g/mol. The fourth-order valence-electron chi connectivity index (χ4n) is 3.64. The molecular formula is C24H32Cl2N2O2. The third kappa shape index (κ3) is 6.18. The quantitative estimate of drug-likeness (QED) is 0.258. The molecule has 0 N–H and O–H groups in total. The van der Waals surface area contributed by atoms with Crippen LogP contribution < -0.4 is 0 Å². The van der Waals surface area contributed by atoms with Gasteiger partial charge in [-0.05, 0) is 32.8 Å². The number of carbonyl (C=O) groups is 1. The predicted molar refractivity (Wildman–Crippen MR) is 125 cm³/mol. The molecule has 1 atom stereocenters. The number of ether oxygens (including phenoxy) is 1. The van der Waals surface area contributed by atoms with E-state index in [-0.39, 0.29) is 18.2 Å². The van der Waals surface area contributed by atoms with Gasteiger partial charge in [-0.2, -0.15) is 0 Å². The Labute approximate surface area is 190 Å².